The molecule has 22 heavy (non-hydrogen) atoms. The summed E-state index contributed by atoms with van der Waals surface area (Å²) in [6.07, 6.45) is 1.71. The first-order chi connectivity index (χ1) is 10.6. The van der Waals surface area contributed by atoms with Crippen LogP contribution in [0.1, 0.15) is 49.9 Å². The fraction of sp³-hybridized carbons (Fsp3) is 0.400. The van der Waals surface area contributed by atoms with Gasteiger partial charge in [-0.25, -0.2) is 0 Å². The molecule has 0 saturated carbocycles. The Kier molecular flexibility index (Phi) is 4.32. The van der Waals surface area contributed by atoms with E-state index >= 15 is 0 Å². The topological polar surface area (TPSA) is 32.3 Å². The van der Waals surface area contributed by atoms with Crippen molar-refractivity contribution >= 4 is 0 Å². The Balaban J connectivity index is 1.95. The van der Waals surface area contributed by atoms with Gasteiger partial charge in [0.05, 0.1) is 5.60 Å². The molecule has 2 nitrogen and oxygen atoms in total. The molecule has 0 aliphatic carbocycles. The van der Waals surface area contributed by atoms with Gasteiger partial charge in [0.1, 0.15) is 0 Å². The standard InChI is InChI=1S/C20H25NO/c1-3-17-19(16-12-8-5-9-13-16)21-18(14-20(17,2)22)15-10-6-4-7-11-15/h4-13,17-19,21-22H,3,14H2,1-2H3/t17-,18-,19-,20-/m1/s1. The average molecular weight is 295 g/mol. The van der Waals surface area contributed by atoms with Crippen LogP contribution in [0.3, 0.4) is 0 Å². The van der Waals surface area contributed by atoms with Crippen LogP contribution in [0.5, 0.6) is 0 Å². The Labute approximate surface area is 133 Å². The van der Waals surface area contributed by atoms with E-state index in [0.29, 0.717) is 0 Å². The lowest BCUT2D eigenvalue weighted by Gasteiger charge is -2.47. The summed E-state index contributed by atoms with van der Waals surface area (Å²) in [5.74, 6) is 0.217. The molecule has 0 bridgehead atoms. The van der Waals surface area contributed by atoms with Crippen LogP contribution < -0.4 is 5.32 Å². The van der Waals surface area contributed by atoms with Gasteiger partial charge in [-0.3, -0.25) is 0 Å². The van der Waals surface area contributed by atoms with Gasteiger partial charge in [-0.15, -0.1) is 0 Å². The predicted molar refractivity (Wildman–Crippen MR) is 90.5 cm³/mol. The first kappa shape index (κ1) is 15.3. The zero-order chi connectivity index (χ0) is 15.6. The van der Waals surface area contributed by atoms with Crippen LogP contribution in [-0.4, -0.2) is 10.7 Å². The fourth-order valence-electron chi connectivity index (χ4n) is 3.88. The van der Waals surface area contributed by atoms with E-state index in [1.807, 2.05) is 19.1 Å². The van der Waals surface area contributed by atoms with Gasteiger partial charge in [0, 0.05) is 18.0 Å². The Morgan fingerprint density at radius 2 is 1.55 bits per heavy atom. The second-order valence-corrected chi connectivity index (χ2v) is 6.59. The number of aliphatic hydroxyl groups is 1. The number of benzene rings is 2. The zero-order valence-corrected chi connectivity index (χ0v) is 13.4. The summed E-state index contributed by atoms with van der Waals surface area (Å²) in [7, 11) is 0. The molecule has 1 aliphatic heterocycles. The molecule has 116 valence electrons. The number of nitrogens with one attached hydrogen (secondary N) is 1. The van der Waals surface area contributed by atoms with Gasteiger partial charge in [-0.1, -0.05) is 67.6 Å². The van der Waals surface area contributed by atoms with E-state index in [0.717, 1.165) is 12.8 Å². The zero-order valence-electron chi connectivity index (χ0n) is 13.4. The Bertz CT molecular complexity index is 594. The van der Waals surface area contributed by atoms with Crippen molar-refractivity contribution in [2.24, 2.45) is 5.92 Å². The molecule has 1 aliphatic rings. The molecule has 0 unspecified atom stereocenters. The van der Waals surface area contributed by atoms with Crippen molar-refractivity contribution in [2.45, 2.75) is 44.4 Å². The summed E-state index contributed by atoms with van der Waals surface area (Å²) >= 11 is 0. The van der Waals surface area contributed by atoms with Crippen LogP contribution in [-0.2, 0) is 0 Å². The Hall–Kier alpha value is -1.64. The fourth-order valence-corrected chi connectivity index (χ4v) is 3.88. The largest absolute Gasteiger partial charge is 0.390 e. The van der Waals surface area contributed by atoms with Crippen LogP contribution in [0.25, 0.3) is 0 Å². The molecular formula is C20H25NO. The number of hydrogen-bond donors (Lipinski definition) is 2. The molecule has 3 rings (SSSR count). The summed E-state index contributed by atoms with van der Waals surface area (Å²) < 4.78 is 0. The number of hydrogen-bond acceptors (Lipinski definition) is 2. The highest BCUT2D eigenvalue weighted by atomic mass is 16.3. The lowest BCUT2D eigenvalue weighted by atomic mass is 9.71. The maximum atomic E-state index is 11.1. The summed E-state index contributed by atoms with van der Waals surface area (Å²) in [5, 5.41) is 14.8. The highest BCUT2D eigenvalue weighted by molar-refractivity contribution is 5.26. The maximum Gasteiger partial charge on any atom is 0.0684 e. The highest BCUT2D eigenvalue weighted by Crippen LogP contribution is 2.44. The monoisotopic (exact) mass is 295 g/mol. The van der Waals surface area contributed by atoms with E-state index in [9.17, 15) is 5.11 Å². The summed E-state index contributed by atoms with van der Waals surface area (Å²) in [5.41, 5.74) is 1.84. The van der Waals surface area contributed by atoms with Crippen LogP contribution >= 0.6 is 0 Å². The summed E-state index contributed by atoms with van der Waals surface area (Å²) in [4.78, 5) is 0. The van der Waals surface area contributed by atoms with Gasteiger partial charge in [-0.2, -0.15) is 0 Å². The maximum absolute atomic E-state index is 11.1. The summed E-state index contributed by atoms with van der Waals surface area (Å²) in [6.45, 7) is 4.16. The smallest absolute Gasteiger partial charge is 0.0684 e. The molecule has 1 saturated heterocycles. The first-order valence-electron chi connectivity index (χ1n) is 8.20. The van der Waals surface area contributed by atoms with Gasteiger partial charge < -0.3 is 10.4 Å². The highest BCUT2D eigenvalue weighted by Gasteiger charge is 2.44. The molecule has 2 N–H and O–H groups in total. The second kappa shape index (κ2) is 6.23. The van der Waals surface area contributed by atoms with E-state index in [4.69, 9.17) is 0 Å². The minimum Gasteiger partial charge on any atom is -0.390 e. The quantitative estimate of drug-likeness (QED) is 0.887. The van der Waals surface area contributed by atoms with Crippen molar-refractivity contribution in [3.63, 3.8) is 0 Å². The summed E-state index contributed by atoms with van der Waals surface area (Å²) in [6, 6.07) is 21.3. The number of rotatable bonds is 3. The minimum atomic E-state index is -0.666. The van der Waals surface area contributed by atoms with E-state index in [1.54, 1.807) is 0 Å². The SMILES string of the molecule is CC[C@@H]1[C@@H](c2ccccc2)N[C@@H](c2ccccc2)C[C@@]1(C)O. The second-order valence-electron chi connectivity index (χ2n) is 6.59. The molecule has 2 heteroatoms. The van der Waals surface area contributed by atoms with Gasteiger partial charge in [0.2, 0.25) is 0 Å². The molecule has 0 spiro atoms. The average Bonchev–Trinajstić information content (AvgIpc) is 2.55. The van der Waals surface area contributed by atoms with E-state index in [2.05, 4.69) is 60.8 Å². The number of piperidine rings is 1. The molecule has 0 radical (unpaired) electrons. The van der Waals surface area contributed by atoms with Crippen LogP contribution in [0.15, 0.2) is 60.7 Å². The lowest BCUT2D eigenvalue weighted by molar-refractivity contribution is -0.0616. The molecule has 2 aromatic rings. The molecular weight excluding hydrogens is 270 g/mol. The third kappa shape index (κ3) is 2.94. The predicted octanol–water partition coefficient (Wildman–Crippen LogP) is 4.24. The van der Waals surface area contributed by atoms with E-state index < -0.39 is 5.60 Å². The van der Waals surface area contributed by atoms with Crippen molar-refractivity contribution in [3.8, 4) is 0 Å². The van der Waals surface area contributed by atoms with Gasteiger partial charge in [0.15, 0.2) is 0 Å². The van der Waals surface area contributed by atoms with Gasteiger partial charge in [0.25, 0.3) is 0 Å². The van der Waals surface area contributed by atoms with Crippen molar-refractivity contribution in [1.82, 2.24) is 5.32 Å². The van der Waals surface area contributed by atoms with Crippen LogP contribution in [0.4, 0.5) is 0 Å². The molecule has 4 atom stereocenters. The van der Waals surface area contributed by atoms with E-state index in [1.165, 1.54) is 11.1 Å². The molecule has 0 amide bonds. The minimum absolute atomic E-state index is 0.181. The van der Waals surface area contributed by atoms with Gasteiger partial charge >= 0.3 is 0 Å². The van der Waals surface area contributed by atoms with Crippen molar-refractivity contribution in [2.75, 3.05) is 0 Å². The van der Waals surface area contributed by atoms with Crippen molar-refractivity contribution < 1.29 is 5.11 Å². The molecule has 1 fully saturated rings. The molecule has 1 heterocycles. The first-order valence-corrected chi connectivity index (χ1v) is 8.20. The third-order valence-corrected chi connectivity index (χ3v) is 5.00. The lowest BCUT2D eigenvalue weighted by Crippen LogP contribution is -2.51. The normalized spacial score (nSPS) is 31.9. The third-order valence-electron chi connectivity index (χ3n) is 5.00. The van der Waals surface area contributed by atoms with Gasteiger partial charge in [-0.05, 0) is 30.9 Å². The van der Waals surface area contributed by atoms with Crippen molar-refractivity contribution in [3.05, 3.63) is 71.8 Å². The van der Waals surface area contributed by atoms with Crippen LogP contribution in [0.2, 0.25) is 0 Å². The Morgan fingerprint density at radius 1 is 1.00 bits per heavy atom. The Morgan fingerprint density at radius 3 is 2.09 bits per heavy atom. The van der Waals surface area contributed by atoms with E-state index in [-0.39, 0.29) is 18.0 Å². The van der Waals surface area contributed by atoms with Crippen LogP contribution in [0, 0.1) is 5.92 Å². The molecule has 2 aromatic carbocycles. The van der Waals surface area contributed by atoms with Crippen molar-refractivity contribution in [1.29, 1.82) is 0 Å². The molecule has 0 aromatic heterocycles.